The molecule has 0 aliphatic rings. The van der Waals surface area contributed by atoms with E-state index >= 15 is 0 Å². The second kappa shape index (κ2) is 6.71. The first-order valence-electron chi connectivity index (χ1n) is 9.01. The van der Waals surface area contributed by atoms with Crippen LogP contribution >= 0.6 is 9.24 Å². The summed E-state index contributed by atoms with van der Waals surface area (Å²) in [6, 6.07) is 26.2. The zero-order valence-electron chi connectivity index (χ0n) is 15.5. The molecule has 0 aromatic heterocycles. The number of fused-ring (bicyclic) bond motifs is 1. The van der Waals surface area contributed by atoms with Crippen LogP contribution in [-0.4, -0.2) is 0 Å². The van der Waals surface area contributed by atoms with E-state index in [9.17, 15) is 0 Å². The molecule has 0 amide bonds. The van der Waals surface area contributed by atoms with Gasteiger partial charge in [0, 0.05) is 0 Å². The van der Waals surface area contributed by atoms with E-state index in [-0.39, 0.29) is 0 Å². The molecule has 0 saturated heterocycles. The summed E-state index contributed by atoms with van der Waals surface area (Å²) in [5.74, 6) is 0. The van der Waals surface area contributed by atoms with Gasteiger partial charge in [0.05, 0.1) is 0 Å². The number of hydrogen-bond acceptors (Lipinski definition) is 0. The number of aryl methyl sites for hydroxylation is 1. The Kier molecular flexibility index (Phi) is 4.39. The summed E-state index contributed by atoms with van der Waals surface area (Å²) in [5, 5.41) is 3.85. The fourth-order valence-corrected chi connectivity index (χ4v) is 4.31. The molecule has 0 radical (unpaired) electrons. The Morgan fingerprint density at radius 1 is 0.654 bits per heavy atom. The highest BCUT2D eigenvalue weighted by Gasteiger charge is 2.16. The Morgan fingerprint density at radius 2 is 1.35 bits per heavy atom. The predicted molar refractivity (Wildman–Crippen MR) is 118 cm³/mol. The van der Waals surface area contributed by atoms with Gasteiger partial charge >= 0.3 is 0 Å². The average Bonchev–Trinajstić information content (AvgIpc) is 2.68. The molecule has 128 valence electrons. The summed E-state index contributed by atoms with van der Waals surface area (Å²) < 4.78 is 0. The Balaban J connectivity index is 2.14. The van der Waals surface area contributed by atoms with Crippen molar-refractivity contribution in [2.75, 3.05) is 0 Å². The third-order valence-electron chi connectivity index (χ3n) is 5.50. The minimum Gasteiger partial charge on any atom is -0.104 e. The highest BCUT2D eigenvalue weighted by molar-refractivity contribution is 7.29. The van der Waals surface area contributed by atoms with E-state index in [0.29, 0.717) is 0 Å². The van der Waals surface area contributed by atoms with Crippen LogP contribution in [0.15, 0.2) is 72.8 Å². The molecule has 1 unspecified atom stereocenters. The lowest BCUT2D eigenvalue weighted by atomic mass is 9.87. The monoisotopic (exact) mass is 354 g/mol. The van der Waals surface area contributed by atoms with E-state index < -0.39 is 0 Å². The molecule has 0 aliphatic carbocycles. The summed E-state index contributed by atoms with van der Waals surface area (Å²) in [6.07, 6.45) is 0. The van der Waals surface area contributed by atoms with Gasteiger partial charge < -0.3 is 0 Å². The van der Waals surface area contributed by atoms with Gasteiger partial charge in [-0.05, 0) is 81.9 Å². The van der Waals surface area contributed by atoms with Gasteiger partial charge in [-0.1, -0.05) is 66.7 Å². The van der Waals surface area contributed by atoms with Gasteiger partial charge in [-0.3, -0.25) is 0 Å². The molecule has 0 nitrogen and oxygen atoms in total. The molecule has 4 aromatic carbocycles. The lowest BCUT2D eigenvalue weighted by molar-refractivity contribution is 1.27. The maximum atomic E-state index is 3.01. The van der Waals surface area contributed by atoms with E-state index in [0.717, 1.165) is 0 Å². The Hall–Kier alpha value is -2.43. The molecule has 0 bridgehead atoms. The Morgan fingerprint density at radius 3 is 2.12 bits per heavy atom. The second-order valence-corrected chi connectivity index (χ2v) is 7.56. The lowest BCUT2D eigenvalue weighted by Gasteiger charge is -2.19. The zero-order chi connectivity index (χ0) is 18.3. The van der Waals surface area contributed by atoms with Crippen LogP contribution in [0.25, 0.3) is 33.0 Å². The van der Waals surface area contributed by atoms with Crippen molar-refractivity contribution < 1.29 is 0 Å². The minimum atomic E-state index is 1.26. The predicted octanol–water partition coefficient (Wildman–Crippen LogP) is 6.60. The molecule has 1 heteroatoms. The average molecular weight is 354 g/mol. The molecule has 0 saturated carbocycles. The van der Waals surface area contributed by atoms with Gasteiger partial charge in [0.2, 0.25) is 0 Å². The van der Waals surface area contributed by atoms with Crippen molar-refractivity contribution in [1.29, 1.82) is 0 Å². The second-order valence-electron chi connectivity index (χ2n) is 6.98. The summed E-state index contributed by atoms with van der Waals surface area (Å²) in [4.78, 5) is 0. The fraction of sp³-hybridized carbons (Fsp3) is 0.120. The van der Waals surface area contributed by atoms with Crippen LogP contribution in [0.4, 0.5) is 0 Å². The van der Waals surface area contributed by atoms with Gasteiger partial charge in [-0.15, -0.1) is 9.24 Å². The maximum Gasteiger partial charge on any atom is -0.00245 e. The van der Waals surface area contributed by atoms with Crippen molar-refractivity contribution in [3.05, 3.63) is 89.5 Å². The Labute approximate surface area is 158 Å². The van der Waals surface area contributed by atoms with Crippen LogP contribution in [0.5, 0.6) is 0 Å². The van der Waals surface area contributed by atoms with Crippen molar-refractivity contribution >= 4 is 25.3 Å². The molecule has 0 fully saturated rings. The van der Waals surface area contributed by atoms with Crippen LogP contribution in [0, 0.1) is 20.8 Å². The normalized spacial score (nSPS) is 11.1. The number of benzene rings is 4. The molecule has 0 aliphatic heterocycles. The number of hydrogen-bond donors (Lipinski definition) is 0. The first kappa shape index (κ1) is 17.0. The van der Waals surface area contributed by atoms with Crippen LogP contribution in [0.2, 0.25) is 0 Å². The molecule has 4 rings (SSSR count). The smallest absolute Gasteiger partial charge is 0.00245 e. The summed E-state index contributed by atoms with van der Waals surface area (Å²) >= 11 is 0. The summed E-state index contributed by atoms with van der Waals surface area (Å²) in [6.45, 7) is 6.65. The molecular formula is C25H23P. The van der Waals surface area contributed by atoms with Gasteiger partial charge in [0.25, 0.3) is 0 Å². The highest BCUT2D eigenvalue weighted by atomic mass is 31.0. The first-order valence-corrected chi connectivity index (χ1v) is 9.59. The van der Waals surface area contributed by atoms with Crippen LogP contribution < -0.4 is 5.30 Å². The molecule has 0 N–H and O–H groups in total. The van der Waals surface area contributed by atoms with E-state index in [1.807, 2.05) is 0 Å². The molecule has 0 spiro atoms. The largest absolute Gasteiger partial charge is 0.104 e. The third-order valence-corrected chi connectivity index (χ3v) is 6.10. The summed E-state index contributed by atoms with van der Waals surface area (Å²) in [5.41, 5.74) is 9.28. The van der Waals surface area contributed by atoms with E-state index in [4.69, 9.17) is 0 Å². The van der Waals surface area contributed by atoms with Crippen molar-refractivity contribution in [1.82, 2.24) is 0 Å². The van der Waals surface area contributed by atoms with E-state index in [1.165, 1.54) is 55.0 Å². The summed E-state index contributed by atoms with van der Waals surface area (Å²) in [7, 11) is 3.01. The van der Waals surface area contributed by atoms with Crippen molar-refractivity contribution in [3.8, 4) is 22.3 Å². The van der Waals surface area contributed by atoms with Gasteiger partial charge in [0.15, 0.2) is 0 Å². The highest BCUT2D eigenvalue weighted by Crippen LogP contribution is 2.38. The van der Waals surface area contributed by atoms with Gasteiger partial charge in [0.1, 0.15) is 0 Å². The molecule has 1 atom stereocenters. The minimum absolute atomic E-state index is 1.26. The maximum absolute atomic E-state index is 3.01. The topological polar surface area (TPSA) is 0 Å². The molecule has 4 aromatic rings. The first-order chi connectivity index (χ1) is 12.6. The van der Waals surface area contributed by atoms with Crippen molar-refractivity contribution in [2.24, 2.45) is 0 Å². The van der Waals surface area contributed by atoms with E-state index in [2.05, 4.69) is 103 Å². The van der Waals surface area contributed by atoms with E-state index in [1.54, 1.807) is 0 Å². The zero-order valence-corrected chi connectivity index (χ0v) is 16.7. The molecular weight excluding hydrogens is 331 g/mol. The fourth-order valence-electron chi connectivity index (χ4n) is 3.74. The Bertz CT molecular complexity index is 1110. The van der Waals surface area contributed by atoms with Gasteiger partial charge in [-0.25, -0.2) is 0 Å². The van der Waals surface area contributed by atoms with Crippen molar-refractivity contribution in [2.45, 2.75) is 20.8 Å². The van der Waals surface area contributed by atoms with Crippen LogP contribution in [0.3, 0.4) is 0 Å². The van der Waals surface area contributed by atoms with Crippen LogP contribution in [-0.2, 0) is 0 Å². The standard InChI is InChI=1S/C25H23P/c1-16-13-14-21(18(3)17(16)2)24-23(19-9-5-4-6-10-19)15-20-11-7-8-12-22(20)25(24)26/h4-15H,26H2,1-3H3. The van der Waals surface area contributed by atoms with Gasteiger partial charge in [-0.2, -0.15) is 0 Å². The number of rotatable bonds is 2. The van der Waals surface area contributed by atoms with Crippen LogP contribution in [0.1, 0.15) is 16.7 Å². The SMILES string of the molecule is Cc1ccc(-c2c(-c3ccccc3)cc3ccccc3c2P)c(C)c1C. The molecule has 0 heterocycles. The third kappa shape index (κ3) is 2.75. The quantitative estimate of drug-likeness (QED) is 0.356. The van der Waals surface area contributed by atoms with Crippen molar-refractivity contribution in [3.63, 3.8) is 0 Å². The molecule has 26 heavy (non-hydrogen) atoms. The lowest BCUT2D eigenvalue weighted by Crippen LogP contribution is -2.04.